The van der Waals surface area contributed by atoms with E-state index in [1.165, 1.54) is 11.3 Å². The lowest BCUT2D eigenvalue weighted by atomic mass is 10.1. The highest BCUT2D eigenvalue weighted by molar-refractivity contribution is 14.0. The van der Waals surface area contributed by atoms with Crippen molar-refractivity contribution in [2.45, 2.75) is 37.1 Å². The fourth-order valence-corrected chi connectivity index (χ4v) is 4.91. The van der Waals surface area contributed by atoms with Crippen LogP contribution in [0.5, 0.6) is 0 Å². The molecule has 1 aliphatic heterocycles. The van der Waals surface area contributed by atoms with E-state index in [-0.39, 0.29) is 24.0 Å². The van der Waals surface area contributed by atoms with Crippen LogP contribution in [-0.2, 0) is 10.0 Å². The van der Waals surface area contributed by atoms with Crippen molar-refractivity contribution in [2.75, 3.05) is 33.2 Å². The van der Waals surface area contributed by atoms with Crippen LogP contribution < -0.4 is 15.4 Å². The van der Waals surface area contributed by atoms with Crippen LogP contribution in [0.1, 0.15) is 20.8 Å². The number of hydrogen-bond acceptors (Lipinski definition) is 5. The molecule has 2 unspecified atom stereocenters. The van der Waals surface area contributed by atoms with Crippen molar-refractivity contribution in [2.24, 2.45) is 10.9 Å². The number of halogens is 1. The highest BCUT2D eigenvalue weighted by Crippen LogP contribution is 2.18. The summed E-state index contributed by atoms with van der Waals surface area (Å²) >= 11 is 1.21. The van der Waals surface area contributed by atoms with Crippen LogP contribution in [0.25, 0.3) is 0 Å². The maximum Gasteiger partial charge on any atom is 0.250 e. The third-order valence-electron chi connectivity index (χ3n) is 4.39. The number of hydrogen-bond donors (Lipinski definition) is 3. The summed E-state index contributed by atoms with van der Waals surface area (Å²) < 4.78 is 27.0. The molecule has 1 aromatic heterocycles. The predicted octanol–water partition coefficient (Wildman–Crippen LogP) is 1.54. The molecule has 0 bridgehead atoms. The van der Waals surface area contributed by atoms with Gasteiger partial charge in [0, 0.05) is 45.3 Å². The largest absolute Gasteiger partial charge is 0.355 e. The van der Waals surface area contributed by atoms with Crippen LogP contribution in [-0.4, -0.2) is 64.6 Å². The van der Waals surface area contributed by atoms with Crippen LogP contribution >= 0.6 is 35.3 Å². The van der Waals surface area contributed by atoms with Gasteiger partial charge in [0.15, 0.2) is 5.96 Å². The third kappa shape index (κ3) is 6.63. The summed E-state index contributed by atoms with van der Waals surface area (Å²) in [6, 6.07) is 4.21. The smallest absolute Gasteiger partial charge is 0.250 e. The number of thiophene rings is 1. The molecular formula is C16H30IN5O2S2. The quantitative estimate of drug-likeness (QED) is 0.222. The summed E-state index contributed by atoms with van der Waals surface area (Å²) in [7, 11) is -1.68. The molecule has 1 saturated heterocycles. The highest BCUT2D eigenvalue weighted by Gasteiger charge is 2.31. The van der Waals surface area contributed by atoms with Crippen molar-refractivity contribution >= 4 is 51.3 Å². The SMILES string of the molecule is CN=C(NCCNS(=O)(=O)c1cccs1)NC1CN(C(C)C)CC1C.I. The van der Waals surface area contributed by atoms with E-state index in [0.717, 1.165) is 13.1 Å². The van der Waals surface area contributed by atoms with Crippen molar-refractivity contribution < 1.29 is 8.42 Å². The maximum atomic E-state index is 12.0. The summed E-state index contributed by atoms with van der Waals surface area (Å²) in [6.07, 6.45) is 0. The third-order valence-corrected chi connectivity index (χ3v) is 7.24. The van der Waals surface area contributed by atoms with Gasteiger partial charge in [-0.15, -0.1) is 35.3 Å². The Balaban J connectivity index is 0.00000338. The number of aliphatic imine (C=N–C) groups is 1. The van der Waals surface area contributed by atoms with Gasteiger partial charge in [-0.2, -0.15) is 0 Å². The van der Waals surface area contributed by atoms with Crippen molar-refractivity contribution in [1.82, 2.24) is 20.3 Å². The highest BCUT2D eigenvalue weighted by atomic mass is 127. The first-order valence-corrected chi connectivity index (χ1v) is 10.9. The molecule has 7 nitrogen and oxygen atoms in total. The number of guanidine groups is 1. The zero-order valence-corrected chi connectivity index (χ0v) is 19.7. The number of nitrogens with zero attached hydrogens (tertiary/aromatic N) is 2. The van der Waals surface area contributed by atoms with Gasteiger partial charge in [0.1, 0.15) is 4.21 Å². The Bertz CT molecular complexity index is 664. The van der Waals surface area contributed by atoms with E-state index in [9.17, 15) is 8.42 Å². The van der Waals surface area contributed by atoms with E-state index in [4.69, 9.17) is 0 Å². The molecule has 1 fully saturated rings. The molecule has 26 heavy (non-hydrogen) atoms. The second kappa shape index (κ2) is 10.8. The van der Waals surface area contributed by atoms with Gasteiger partial charge in [-0.25, -0.2) is 13.1 Å². The summed E-state index contributed by atoms with van der Waals surface area (Å²) in [5.74, 6) is 1.25. The summed E-state index contributed by atoms with van der Waals surface area (Å²) in [5, 5.41) is 8.37. The van der Waals surface area contributed by atoms with Crippen LogP contribution in [0.2, 0.25) is 0 Å². The molecule has 3 N–H and O–H groups in total. The van der Waals surface area contributed by atoms with Crippen LogP contribution in [0.3, 0.4) is 0 Å². The second-order valence-electron chi connectivity index (χ2n) is 6.60. The molecule has 0 amide bonds. The van der Waals surface area contributed by atoms with E-state index in [1.54, 1.807) is 24.6 Å². The zero-order valence-electron chi connectivity index (χ0n) is 15.7. The average Bonchev–Trinajstić information content (AvgIpc) is 3.21. The Morgan fingerprint density at radius 3 is 2.65 bits per heavy atom. The first-order valence-electron chi connectivity index (χ1n) is 8.58. The van der Waals surface area contributed by atoms with E-state index in [0.29, 0.717) is 41.3 Å². The lowest BCUT2D eigenvalue weighted by Crippen LogP contribution is -2.48. The van der Waals surface area contributed by atoms with Gasteiger partial charge >= 0.3 is 0 Å². The molecular weight excluding hydrogens is 485 g/mol. The molecule has 2 heterocycles. The lowest BCUT2D eigenvalue weighted by molar-refractivity contribution is 0.265. The van der Waals surface area contributed by atoms with Crippen LogP contribution in [0, 0.1) is 5.92 Å². The first-order chi connectivity index (χ1) is 11.8. The second-order valence-corrected chi connectivity index (χ2v) is 9.55. The van der Waals surface area contributed by atoms with Crippen LogP contribution in [0.15, 0.2) is 26.7 Å². The lowest BCUT2D eigenvalue weighted by Gasteiger charge is -2.22. The summed E-state index contributed by atoms with van der Waals surface area (Å²) in [5.41, 5.74) is 0. The minimum absolute atomic E-state index is 0. The van der Waals surface area contributed by atoms with Crippen molar-refractivity contribution in [1.29, 1.82) is 0 Å². The van der Waals surface area contributed by atoms with Gasteiger partial charge in [-0.05, 0) is 31.2 Å². The van der Waals surface area contributed by atoms with Gasteiger partial charge in [-0.1, -0.05) is 13.0 Å². The predicted molar refractivity (Wildman–Crippen MR) is 119 cm³/mol. The topological polar surface area (TPSA) is 85.8 Å². The Morgan fingerprint density at radius 2 is 2.12 bits per heavy atom. The monoisotopic (exact) mass is 515 g/mol. The Labute approximate surface area is 178 Å². The normalized spacial score (nSPS) is 21.7. The minimum Gasteiger partial charge on any atom is -0.355 e. The number of sulfonamides is 1. The minimum atomic E-state index is -3.41. The molecule has 0 spiro atoms. The molecule has 150 valence electrons. The molecule has 0 aliphatic carbocycles. The number of nitrogens with one attached hydrogen (secondary N) is 3. The Hall–Kier alpha value is -0.430. The van der Waals surface area contributed by atoms with Crippen LogP contribution in [0.4, 0.5) is 0 Å². The van der Waals surface area contributed by atoms with Gasteiger partial charge < -0.3 is 10.6 Å². The van der Waals surface area contributed by atoms with Gasteiger partial charge in [0.05, 0.1) is 0 Å². The van der Waals surface area contributed by atoms with E-state index >= 15 is 0 Å². The molecule has 0 radical (unpaired) electrons. The number of rotatable bonds is 7. The summed E-state index contributed by atoms with van der Waals surface area (Å²) in [4.78, 5) is 6.69. The molecule has 10 heteroatoms. The molecule has 0 saturated carbocycles. The average molecular weight is 515 g/mol. The van der Waals surface area contributed by atoms with Crippen molar-refractivity contribution in [3.63, 3.8) is 0 Å². The molecule has 2 rings (SSSR count). The Kier molecular flexibility index (Phi) is 9.80. The Morgan fingerprint density at radius 1 is 1.38 bits per heavy atom. The fraction of sp³-hybridized carbons (Fsp3) is 0.688. The van der Waals surface area contributed by atoms with E-state index in [1.807, 2.05) is 0 Å². The van der Waals surface area contributed by atoms with Gasteiger partial charge in [0.2, 0.25) is 10.0 Å². The summed E-state index contributed by atoms with van der Waals surface area (Å²) in [6.45, 7) is 9.50. The molecule has 0 aromatic carbocycles. The number of likely N-dealkylation sites (tertiary alicyclic amines) is 1. The van der Waals surface area contributed by atoms with Gasteiger partial charge in [0.25, 0.3) is 0 Å². The van der Waals surface area contributed by atoms with E-state index < -0.39 is 10.0 Å². The molecule has 1 aliphatic rings. The van der Waals surface area contributed by atoms with Gasteiger partial charge in [-0.3, -0.25) is 9.89 Å². The van der Waals surface area contributed by atoms with E-state index in [2.05, 4.69) is 46.0 Å². The van der Waals surface area contributed by atoms with Crippen molar-refractivity contribution in [3.05, 3.63) is 17.5 Å². The molecule has 2 atom stereocenters. The first kappa shape index (κ1) is 23.6. The fourth-order valence-electron chi connectivity index (χ4n) is 2.84. The standard InChI is InChI=1S/C16H29N5O2S2.HI/c1-12(2)21-10-13(3)14(11-21)20-16(17-4)18-7-8-19-25(22,23)15-6-5-9-24-15;/h5-6,9,12-14,19H,7-8,10-11H2,1-4H3,(H2,17,18,20);1H. The van der Waals surface area contributed by atoms with Crippen molar-refractivity contribution in [3.8, 4) is 0 Å². The zero-order chi connectivity index (χ0) is 18.4. The maximum absolute atomic E-state index is 12.0. The molecule has 1 aromatic rings.